The van der Waals surface area contributed by atoms with Crippen LogP contribution in [0.1, 0.15) is 11.1 Å². The summed E-state index contributed by atoms with van der Waals surface area (Å²) in [5, 5.41) is 39.1. The Hall–Kier alpha value is -2.16. The summed E-state index contributed by atoms with van der Waals surface area (Å²) < 4.78 is 16.3. The molecule has 7 nitrogen and oxygen atoms in total. The maximum Gasteiger partial charge on any atom is 0.229 e. The van der Waals surface area contributed by atoms with Gasteiger partial charge in [-0.25, -0.2) is 0 Å². The van der Waals surface area contributed by atoms with Gasteiger partial charge in [0.1, 0.15) is 35.9 Å². The van der Waals surface area contributed by atoms with E-state index in [1.165, 1.54) is 0 Å². The topological polar surface area (TPSA) is 109 Å². The molecule has 0 amide bonds. The van der Waals surface area contributed by atoms with Gasteiger partial charge in [0.05, 0.1) is 13.7 Å². The van der Waals surface area contributed by atoms with Crippen LogP contribution >= 0.6 is 0 Å². The molecule has 28 heavy (non-hydrogen) atoms. The molecular formula is C21H26O7. The van der Waals surface area contributed by atoms with Gasteiger partial charge >= 0.3 is 0 Å². The lowest BCUT2D eigenvalue weighted by molar-refractivity contribution is -0.277. The number of methoxy groups -OCH3 is 1. The first-order valence-corrected chi connectivity index (χ1v) is 9.21. The summed E-state index contributed by atoms with van der Waals surface area (Å²) in [4.78, 5) is 0. The van der Waals surface area contributed by atoms with Gasteiger partial charge in [-0.2, -0.15) is 0 Å². The van der Waals surface area contributed by atoms with Crippen LogP contribution in [0.25, 0.3) is 0 Å². The highest BCUT2D eigenvalue weighted by Crippen LogP contribution is 2.25. The Morgan fingerprint density at radius 2 is 1.46 bits per heavy atom. The van der Waals surface area contributed by atoms with Gasteiger partial charge in [-0.3, -0.25) is 0 Å². The average molecular weight is 390 g/mol. The van der Waals surface area contributed by atoms with Crippen LogP contribution in [0.15, 0.2) is 48.5 Å². The highest BCUT2D eigenvalue weighted by Gasteiger charge is 2.44. The lowest BCUT2D eigenvalue weighted by Crippen LogP contribution is -2.60. The third-order valence-corrected chi connectivity index (χ3v) is 4.84. The average Bonchev–Trinajstić information content (AvgIpc) is 2.73. The van der Waals surface area contributed by atoms with Gasteiger partial charge in [-0.05, 0) is 48.2 Å². The fraction of sp³-hybridized carbons (Fsp3) is 0.429. The van der Waals surface area contributed by atoms with Gasteiger partial charge < -0.3 is 34.6 Å². The molecular weight excluding hydrogens is 364 g/mol. The van der Waals surface area contributed by atoms with Crippen molar-refractivity contribution in [1.29, 1.82) is 0 Å². The van der Waals surface area contributed by atoms with E-state index >= 15 is 0 Å². The fourth-order valence-corrected chi connectivity index (χ4v) is 3.19. The summed E-state index contributed by atoms with van der Waals surface area (Å²) in [6.45, 7) is -0.495. The van der Waals surface area contributed by atoms with Crippen molar-refractivity contribution in [3.05, 3.63) is 59.7 Å². The molecule has 3 rings (SSSR count). The Morgan fingerprint density at radius 3 is 2.07 bits per heavy atom. The highest BCUT2D eigenvalue weighted by atomic mass is 16.7. The van der Waals surface area contributed by atoms with Crippen LogP contribution in [-0.2, 0) is 17.6 Å². The minimum Gasteiger partial charge on any atom is -0.497 e. The van der Waals surface area contributed by atoms with Gasteiger partial charge in [-0.15, -0.1) is 0 Å². The van der Waals surface area contributed by atoms with Crippen molar-refractivity contribution in [3.8, 4) is 11.5 Å². The summed E-state index contributed by atoms with van der Waals surface area (Å²) in [5.41, 5.74) is 2.18. The second-order valence-corrected chi connectivity index (χ2v) is 6.81. The normalized spacial score (nSPS) is 27.4. The molecule has 1 aliphatic heterocycles. The zero-order valence-corrected chi connectivity index (χ0v) is 15.6. The first-order valence-electron chi connectivity index (χ1n) is 9.21. The van der Waals surface area contributed by atoms with Gasteiger partial charge in [-0.1, -0.05) is 24.3 Å². The molecule has 0 unspecified atom stereocenters. The lowest BCUT2D eigenvalue weighted by Gasteiger charge is -2.39. The number of aryl methyl sites for hydroxylation is 2. The Balaban J connectivity index is 1.64. The summed E-state index contributed by atoms with van der Waals surface area (Å²) >= 11 is 0. The second-order valence-electron chi connectivity index (χ2n) is 6.81. The summed E-state index contributed by atoms with van der Waals surface area (Å²) in [7, 11) is 1.64. The molecule has 0 aromatic heterocycles. The first kappa shape index (κ1) is 20.6. The minimum atomic E-state index is -1.47. The maximum atomic E-state index is 10.1. The molecule has 5 atom stereocenters. The number of aliphatic hydroxyl groups is 4. The number of benzene rings is 2. The molecule has 0 radical (unpaired) electrons. The predicted molar refractivity (Wildman–Crippen MR) is 101 cm³/mol. The standard InChI is InChI=1S/C21H26O7/c1-26-15-6-2-4-13(10-15)8-9-14-5-3-7-16(11-14)27-21-20(25)19(24)18(23)17(12-22)28-21/h2-7,10-11,17-25H,8-9,12H2,1H3/t17-,18-,19+,20-,21-/m1/s1. The molecule has 2 aromatic rings. The molecule has 1 heterocycles. The van der Waals surface area contributed by atoms with E-state index in [0.717, 1.165) is 29.7 Å². The van der Waals surface area contributed by atoms with Crippen molar-refractivity contribution in [2.45, 2.75) is 43.5 Å². The second kappa shape index (κ2) is 9.36. The molecule has 152 valence electrons. The number of ether oxygens (including phenoxy) is 3. The van der Waals surface area contributed by atoms with E-state index < -0.39 is 37.3 Å². The fourth-order valence-electron chi connectivity index (χ4n) is 3.19. The Kier molecular flexibility index (Phi) is 6.88. The number of rotatable bonds is 7. The lowest BCUT2D eigenvalue weighted by atomic mass is 9.99. The van der Waals surface area contributed by atoms with E-state index in [0.29, 0.717) is 5.75 Å². The molecule has 0 aliphatic carbocycles. The maximum absolute atomic E-state index is 10.1. The van der Waals surface area contributed by atoms with E-state index in [1.54, 1.807) is 13.2 Å². The molecule has 4 N–H and O–H groups in total. The number of hydrogen-bond acceptors (Lipinski definition) is 7. The highest BCUT2D eigenvalue weighted by molar-refractivity contribution is 5.32. The summed E-state index contributed by atoms with van der Waals surface area (Å²) in [5.74, 6) is 1.28. The van der Waals surface area contributed by atoms with Crippen molar-refractivity contribution >= 4 is 0 Å². The summed E-state index contributed by atoms with van der Waals surface area (Å²) in [6.07, 6.45) is -4.90. The molecule has 0 spiro atoms. The molecule has 2 aromatic carbocycles. The monoisotopic (exact) mass is 390 g/mol. The van der Waals surface area contributed by atoms with Crippen LogP contribution in [0.3, 0.4) is 0 Å². The molecule has 1 saturated heterocycles. The van der Waals surface area contributed by atoms with Gasteiger partial charge in [0.15, 0.2) is 0 Å². The van der Waals surface area contributed by atoms with Gasteiger partial charge in [0.25, 0.3) is 0 Å². The molecule has 7 heteroatoms. The van der Waals surface area contributed by atoms with Gasteiger partial charge in [0, 0.05) is 0 Å². The molecule has 0 saturated carbocycles. The Morgan fingerprint density at radius 1 is 0.857 bits per heavy atom. The van der Waals surface area contributed by atoms with Crippen molar-refractivity contribution in [2.24, 2.45) is 0 Å². The summed E-state index contributed by atoms with van der Waals surface area (Å²) in [6, 6.07) is 15.2. The van der Waals surface area contributed by atoms with Crippen LogP contribution in [0.5, 0.6) is 11.5 Å². The number of hydrogen-bond donors (Lipinski definition) is 4. The van der Waals surface area contributed by atoms with E-state index in [9.17, 15) is 20.4 Å². The Bertz CT molecular complexity index is 764. The van der Waals surface area contributed by atoms with E-state index in [2.05, 4.69) is 0 Å². The van der Waals surface area contributed by atoms with Crippen LogP contribution in [0.2, 0.25) is 0 Å². The van der Waals surface area contributed by atoms with Crippen molar-refractivity contribution < 1.29 is 34.6 Å². The van der Waals surface area contributed by atoms with E-state index in [-0.39, 0.29) is 0 Å². The third-order valence-electron chi connectivity index (χ3n) is 4.84. The predicted octanol–water partition coefficient (Wildman–Crippen LogP) is 0.659. The SMILES string of the molecule is COc1cccc(CCc2cccc(O[C@@H]3O[C@H](CO)[C@@H](O)[C@H](O)[C@H]3O)c2)c1. The third kappa shape index (κ3) is 4.81. The number of aliphatic hydroxyl groups excluding tert-OH is 4. The first-order chi connectivity index (χ1) is 13.5. The zero-order chi connectivity index (χ0) is 20.1. The minimum absolute atomic E-state index is 0.465. The van der Waals surface area contributed by atoms with Crippen molar-refractivity contribution in [3.63, 3.8) is 0 Å². The van der Waals surface area contributed by atoms with Gasteiger partial charge in [0.2, 0.25) is 6.29 Å². The Labute approximate surface area is 163 Å². The molecule has 0 bridgehead atoms. The quantitative estimate of drug-likeness (QED) is 0.550. The molecule has 1 aliphatic rings. The van der Waals surface area contributed by atoms with Crippen LogP contribution in [-0.4, -0.2) is 64.8 Å². The van der Waals surface area contributed by atoms with Crippen LogP contribution in [0, 0.1) is 0 Å². The van der Waals surface area contributed by atoms with E-state index in [4.69, 9.17) is 14.2 Å². The van der Waals surface area contributed by atoms with Crippen LogP contribution in [0.4, 0.5) is 0 Å². The van der Waals surface area contributed by atoms with Crippen molar-refractivity contribution in [1.82, 2.24) is 0 Å². The largest absolute Gasteiger partial charge is 0.497 e. The van der Waals surface area contributed by atoms with Crippen molar-refractivity contribution in [2.75, 3.05) is 13.7 Å². The smallest absolute Gasteiger partial charge is 0.229 e. The zero-order valence-electron chi connectivity index (χ0n) is 15.6. The molecule has 1 fully saturated rings. The van der Waals surface area contributed by atoms with Crippen LogP contribution < -0.4 is 9.47 Å². The van der Waals surface area contributed by atoms with E-state index in [1.807, 2.05) is 42.5 Å².